The molecule has 0 atom stereocenters. The van der Waals surface area contributed by atoms with Crippen molar-refractivity contribution in [1.82, 2.24) is 14.5 Å². The molecule has 1 aromatic heterocycles. The van der Waals surface area contributed by atoms with Crippen LogP contribution in [0.15, 0.2) is 48.5 Å². The Kier molecular flexibility index (Phi) is 5.26. The summed E-state index contributed by atoms with van der Waals surface area (Å²) in [5.41, 5.74) is 2.93. The molecule has 0 bridgehead atoms. The van der Waals surface area contributed by atoms with Gasteiger partial charge in [0.1, 0.15) is 12.4 Å². The van der Waals surface area contributed by atoms with Crippen LogP contribution in [0.1, 0.15) is 30.7 Å². The number of hydrogen-bond acceptors (Lipinski definition) is 2. The Morgan fingerprint density at radius 2 is 1.74 bits per heavy atom. The average Bonchev–Trinajstić information content (AvgIpc) is 3.06. The van der Waals surface area contributed by atoms with Crippen LogP contribution in [0.2, 0.25) is 5.02 Å². The Morgan fingerprint density at radius 3 is 2.52 bits per heavy atom. The van der Waals surface area contributed by atoms with Crippen LogP contribution in [0.4, 0.5) is 0 Å². The van der Waals surface area contributed by atoms with E-state index in [1.165, 1.54) is 6.42 Å². The van der Waals surface area contributed by atoms with Crippen molar-refractivity contribution >= 4 is 40.7 Å². The van der Waals surface area contributed by atoms with Crippen LogP contribution in [-0.2, 0) is 11.3 Å². The molecule has 0 N–H and O–H groups in total. The molecule has 138 valence electrons. The van der Waals surface area contributed by atoms with Gasteiger partial charge in [-0.05, 0) is 55.2 Å². The number of halogens is 1. The normalized spacial score (nSPS) is 14.9. The number of fused-ring (bicyclic) bond motifs is 1. The SMILES string of the molecule is O=C(Cn1c(/C=C/c2ccc(Cl)cc2)nc2ccccc21)N1CCCCC1. The monoisotopic (exact) mass is 379 g/mol. The van der Waals surface area contributed by atoms with E-state index < -0.39 is 0 Å². The number of likely N-dealkylation sites (tertiary alicyclic amines) is 1. The van der Waals surface area contributed by atoms with Gasteiger partial charge in [0.25, 0.3) is 0 Å². The Hall–Kier alpha value is -2.59. The van der Waals surface area contributed by atoms with Gasteiger partial charge in [0, 0.05) is 18.1 Å². The van der Waals surface area contributed by atoms with E-state index in [9.17, 15) is 4.79 Å². The zero-order valence-electron chi connectivity index (χ0n) is 15.1. The largest absolute Gasteiger partial charge is 0.341 e. The van der Waals surface area contributed by atoms with Crippen molar-refractivity contribution < 1.29 is 4.79 Å². The molecular formula is C22H22ClN3O. The standard InChI is InChI=1S/C22H22ClN3O/c23-18-11-8-17(9-12-18)10-13-21-24-19-6-2-3-7-20(19)26(21)16-22(27)25-14-4-1-5-15-25/h2-3,6-13H,1,4-5,14-16H2/b13-10+. The maximum Gasteiger partial charge on any atom is 0.242 e. The predicted molar refractivity (Wildman–Crippen MR) is 111 cm³/mol. The minimum Gasteiger partial charge on any atom is -0.341 e. The maximum absolute atomic E-state index is 12.8. The van der Waals surface area contributed by atoms with E-state index in [1.54, 1.807) is 0 Å². The molecule has 1 fully saturated rings. The first-order chi connectivity index (χ1) is 13.2. The van der Waals surface area contributed by atoms with Gasteiger partial charge in [-0.25, -0.2) is 4.98 Å². The van der Waals surface area contributed by atoms with Crippen LogP contribution in [0.25, 0.3) is 23.2 Å². The van der Waals surface area contributed by atoms with E-state index in [0.717, 1.165) is 48.4 Å². The zero-order valence-corrected chi connectivity index (χ0v) is 15.9. The van der Waals surface area contributed by atoms with Crippen LogP contribution in [-0.4, -0.2) is 33.4 Å². The lowest BCUT2D eigenvalue weighted by Gasteiger charge is -2.27. The summed E-state index contributed by atoms with van der Waals surface area (Å²) in [7, 11) is 0. The second-order valence-corrected chi connectivity index (χ2v) is 7.31. The van der Waals surface area contributed by atoms with Crippen LogP contribution in [0, 0.1) is 0 Å². The molecular weight excluding hydrogens is 358 g/mol. The molecule has 4 nitrogen and oxygen atoms in total. The third-order valence-electron chi connectivity index (χ3n) is 4.98. The van der Waals surface area contributed by atoms with Crippen molar-refractivity contribution in [2.24, 2.45) is 0 Å². The van der Waals surface area contributed by atoms with Gasteiger partial charge in [-0.3, -0.25) is 4.79 Å². The number of para-hydroxylation sites is 2. The van der Waals surface area contributed by atoms with E-state index >= 15 is 0 Å². The highest BCUT2D eigenvalue weighted by Gasteiger charge is 2.19. The molecule has 3 aromatic rings. The second kappa shape index (κ2) is 7.97. The quantitative estimate of drug-likeness (QED) is 0.648. The fraction of sp³-hybridized carbons (Fsp3) is 0.273. The smallest absolute Gasteiger partial charge is 0.242 e. The molecule has 0 aliphatic carbocycles. The number of benzene rings is 2. The zero-order chi connectivity index (χ0) is 18.6. The minimum atomic E-state index is 0.166. The summed E-state index contributed by atoms with van der Waals surface area (Å²) in [6.45, 7) is 2.05. The fourth-order valence-corrected chi connectivity index (χ4v) is 3.64. The number of carbonyl (C=O) groups excluding carboxylic acids is 1. The Morgan fingerprint density at radius 1 is 1.00 bits per heavy atom. The molecule has 0 saturated carbocycles. The maximum atomic E-state index is 12.8. The lowest BCUT2D eigenvalue weighted by molar-refractivity contribution is -0.132. The van der Waals surface area contributed by atoms with Gasteiger partial charge in [-0.15, -0.1) is 0 Å². The summed E-state index contributed by atoms with van der Waals surface area (Å²) in [6, 6.07) is 15.6. The molecule has 1 amide bonds. The van der Waals surface area contributed by atoms with Gasteiger partial charge < -0.3 is 9.47 Å². The van der Waals surface area contributed by atoms with E-state index in [4.69, 9.17) is 16.6 Å². The third kappa shape index (κ3) is 4.06. The van der Waals surface area contributed by atoms with Crippen molar-refractivity contribution in [3.05, 3.63) is 64.9 Å². The number of carbonyl (C=O) groups is 1. The molecule has 1 aliphatic rings. The number of amides is 1. The lowest BCUT2D eigenvalue weighted by atomic mass is 10.1. The number of rotatable bonds is 4. The molecule has 1 saturated heterocycles. The molecule has 1 aliphatic heterocycles. The Balaban J connectivity index is 1.64. The first-order valence-corrected chi connectivity index (χ1v) is 9.75. The van der Waals surface area contributed by atoms with Crippen LogP contribution in [0.3, 0.4) is 0 Å². The first kappa shape index (κ1) is 17.8. The van der Waals surface area contributed by atoms with Gasteiger partial charge in [0.15, 0.2) is 0 Å². The van der Waals surface area contributed by atoms with Crippen molar-refractivity contribution in [3.63, 3.8) is 0 Å². The molecule has 5 heteroatoms. The molecule has 0 unspecified atom stereocenters. The van der Waals surface area contributed by atoms with E-state index in [0.29, 0.717) is 11.6 Å². The molecule has 4 rings (SSSR count). The van der Waals surface area contributed by atoms with Crippen molar-refractivity contribution in [1.29, 1.82) is 0 Å². The topological polar surface area (TPSA) is 38.1 Å². The third-order valence-corrected chi connectivity index (χ3v) is 5.23. The lowest BCUT2D eigenvalue weighted by Crippen LogP contribution is -2.37. The minimum absolute atomic E-state index is 0.166. The number of imidazole rings is 1. The summed E-state index contributed by atoms with van der Waals surface area (Å²) in [4.78, 5) is 19.5. The Bertz CT molecular complexity index is 969. The molecule has 2 aromatic carbocycles. The summed E-state index contributed by atoms with van der Waals surface area (Å²) in [5, 5.41) is 0.714. The van der Waals surface area contributed by atoms with Crippen LogP contribution in [0.5, 0.6) is 0 Å². The number of hydrogen-bond donors (Lipinski definition) is 0. The summed E-state index contributed by atoms with van der Waals surface area (Å²) in [5.74, 6) is 0.954. The van der Waals surface area contributed by atoms with E-state index in [2.05, 4.69) is 0 Å². The number of aromatic nitrogens is 2. The highest BCUT2D eigenvalue weighted by Crippen LogP contribution is 2.20. The molecule has 0 spiro atoms. The van der Waals surface area contributed by atoms with Crippen LogP contribution >= 0.6 is 11.6 Å². The van der Waals surface area contributed by atoms with Crippen molar-refractivity contribution in [2.75, 3.05) is 13.1 Å². The predicted octanol–water partition coefficient (Wildman–Crippen LogP) is 4.87. The molecule has 27 heavy (non-hydrogen) atoms. The molecule has 0 radical (unpaired) electrons. The van der Waals surface area contributed by atoms with Gasteiger partial charge in [0.2, 0.25) is 5.91 Å². The van der Waals surface area contributed by atoms with Crippen LogP contribution < -0.4 is 0 Å². The number of piperidine rings is 1. The summed E-state index contributed by atoms with van der Waals surface area (Å²) >= 11 is 5.96. The summed E-state index contributed by atoms with van der Waals surface area (Å²) < 4.78 is 2.01. The average molecular weight is 380 g/mol. The fourth-order valence-electron chi connectivity index (χ4n) is 3.51. The van der Waals surface area contributed by atoms with Gasteiger partial charge in [-0.2, -0.15) is 0 Å². The van der Waals surface area contributed by atoms with Crippen molar-refractivity contribution in [2.45, 2.75) is 25.8 Å². The Labute approximate surface area is 164 Å². The summed E-state index contributed by atoms with van der Waals surface area (Å²) in [6.07, 6.45) is 7.37. The van der Waals surface area contributed by atoms with Gasteiger partial charge in [0.05, 0.1) is 11.0 Å². The second-order valence-electron chi connectivity index (χ2n) is 6.87. The van der Waals surface area contributed by atoms with Gasteiger partial charge >= 0.3 is 0 Å². The first-order valence-electron chi connectivity index (χ1n) is 9.37. The highest BCUT2D eigenvalue weighted by molar-refractivity contribution is 6.30. The highest BCUT2D eigenvalue weighted by atomic mass is 35.5. The number of nitrogens with zero attached hydrogens (tertiary/aromatic N) is 3. The van der Waals surface area contributed by atoms with E-state index in [1.807, 2.05) is 70.1 Å². The van der Waals surface area contributed by atoms with E-state index in [-0.39, 0.29) is 5.91 Å². The molecule has 2 heterocycles. The van der Waals surface area contributed by atoms with Crippen molar-refractivity contribution in [3.8, 4) is 0 Å². The van der Waals surface area contributed by atoms with Gasteiger partial charge in [-0.1, -0.05) is 41.9 Å².